The van der Waals surface area contributed by atoms with Crippen LogP contribution < -0.4 is 16.0 Å². The highest BCUT2D eigenvalue weighted by atomic mass is 16.6. The quantitative estimate of drug-likeness (QED) is 0.288. The number of methoxy groups -OCH3 is 1. The number of terminal acetylenes is 1. The molecule has 1 aliphatic rings. The van der Waals surface area contributed by atoms with E-state index in [4.69, 9.17) is 14.0 Å². The molecule has 11 nitrogen and oxygen atoms in total. The number of aryl methyl sites for hydroxylation is 1. The van der Waals surface area contributed by atoms with Crippen LogP contribution in [0.4, 0.5) is 0 Å². The molecule has 2 heterocycles. The number of Topliss-reactive ketones (excluding diaryl/α,β-unsaturated/α-hetero) is 1. The molecule has 0 unspecified atom stereocenters. The normalized spacial score (nSPS) is 17.9. The Morgan fingerprint density at radius 1 is 1.26 bits per heavy atom. The van der Waals surface area contributed by atoms with Crippen molar-refractivity contribution >= 4 is 23.5 Å². The van der Waals surface area contributed by atoms with Gasteiger partial charge in [-0.15, -0.1) is 12.3 Å². The van der Waals surface area contributed by atoms with Crippen LogP contribution in [0.15, 0.2) is 10.6 Å². The highest BCUT2D eigenvalue weighted by Gasteiger charge is 2.50. The molecular weight excluding hydrogens is 444 g/mol. The van der Waals surface area contributed by atoms with Gasteiger partial charge in [0, 0.05) is 13.2 Å². The van der Waals surface area contributed by atoms with Crippen molar-refractivity contribution in [2.24, 2.45) is 5.92 Å². The lowest BCUT2D eigenvalue weighted by atomic mass is 9.93. The summed E-state index contributed by atoms with van der Waals surface area (Å²) in [5, 5.41) is 11.2. The number of carbonyl (C=O) groups excluding carboxylic acids is 4. The molecule has 34 heavy (non-hydrogen) atoms. The van der Waals surface area contributed by atoms with Gasteiger partial charge in [0.1, 0.15) is 17.4 Å². The lowest BCUT2D eigenvalue weighted by Gasteiger charge is -2.22. The van der Waals surface area contributed by atoms with E-state index in [9.17, 15) is 19.2 Å². The number of nitrogens with zero attached hydrogens (tertiary/aromatic N) is 1. The summed E-state index contributed by atoms with van der Waals surface area (Å²) in [6.07, 6.45) is 5.05. The maximum atomic E-state index is 12.6. The van der Waals surface area contributed by atoms with Gasteiger partial charge in [-0.1, -0.05) is 19.0 Å². The molecule has 0 saturated carbocycles. The van der Waals surface area contributed by atoms with E-state index < -0.39 is 35.4 Å². The first-order valence-electron chi connectivity index (χ1n) is 10.8. The Bertz CT molecular complexity index is 899. The van der Waals surface area contributed by atoms with Crippen molar-refractivity contribution in [1.29, 1.82) is 0 Å². The van der Waals surface area contributed by atoms with E-state index in [-0.39, 0.29) is 30.5 Å². The molecule has 0 bridgehead atoms. The van der Waals surface area contributed by atoms with Gasteiger partial charge in [0.25, 0.3) is 5.91 Å². The van der Waals surface area contributed by atoms with Gasteiger partial charge in [0.05, 0.1) is 25.8 Å². The third-order valence-corrected chi connectivity index (χ3v) is 4.70. The van der Waals surface area contributed by atoms with Crippen LogP contribution in [0.5, 0.6) is 0 Å². The first-order chi connectivity index (χ1) is 16.0. The van der Waals surface area contributed by atoms with Gasteiger partial charge in [-0.3, -0.25) is 19.2 Å². The predicted octanol–water partition coefficient (Wildman–Crippen LogP) is 0.372. The van der Waals surface area contributed by atoms with Gasteiger partial charge >= 0.3 is 0 Å². The highest BCUT2D eigenvalue weighted by molar-refractivity contribution is 5.98. The Labute approximate surface area is 199 Å². The summed E-state index contributed by atoms with van der Waals surface area (Å²) >= 11 is 0. The highest BCUT2D eigenvalue weighted by Crippen LogP contribution is 2.29. The second-order valence-electron chi connectivity index (χ2n) is 8.44. The molecule has 2 rings (SSSR count). The molecule has 0 aromatic carbocycles. The van der Waals surface area contributed by atoms with Crippen LogP contribution in [0.3, 0.4) is 0 Å². The summed E-state index contributed by atoms with van der Waals surface area (Å²) in [4.78, 5) is 49.6. The van der Waals surface area contributed by atoms with Gasteiger partial charge in [-0.05, 0) is 33.1 Å². The van der Waals surface area contributed by atoms with Crippen molar-refractivity contribution in [2.45, 2.75) is 58.7 Å². The zero-order valence-electron chi connectivity index (χ0n) is 20.5. The van der Waals surface area contributed by atoms with Crippen molar-refractivity contribution in [3.8, 4) is 12.3 Å². The third-order valence-electron chi connectivity index (χ3n) is 4.70. The Morgan fingerprint density at radius 2 is 1.88 bits per heavy atom. The lowest BCUT2D eigenvalue weighted by Crippen LogP contribution is -2.53. The molecule has 3 atom stereocenters. The van der Waals surface area contributed by atoms with Gasteiger partial charge in [-0.2, -0.15) is 0 Å². The van der Waals surface area contributed by atoms with E-state index in [0.29, 0.717) is 18.8 Å². The summed E-state index contributed by atoms with van der Waals surface area (Å²) in [6, 6.07) is -0.323. The number of hydrogen-bond acceptors (Lipinski definition) is 8. The summed E-state index contributed by atoms with van der Waals surface area (Å²) < 4.78 is 15.0. The molecule has 0 spiro atoms. The van der Waals surface area contributed by atoms with E-state index in [0.717, 1.165) is 0 Å². The Kier molecular flexibility index (Phi) is 11.4. The number of ketones is 1. The van der Waals surface area contributed by atoms with Gasteiger partial charge in [0.15, 0.2) is 11.5 Å². The van der Waals surface area contributed by atoms with Crippen LogP contribution in [0, 0.1) is 25.2 Å². The average molecular weight is 479 g/mol. The largest absolute Gasteiger partial charge is 0.382 e. The number of rotatable bonds is 12. The topological polar surface area (TPSA) is 152 Å². The van der Waals surface area contributed by atoms with E-state index in [1.165, 1.54) is 13.2 Å². The molecule has 0 aliphatic carbocycles. The first-order valence-corrected chi connectivity index (χ1v) is 10.8. The summed E-state index contributed by atoms with van der Waals surface area (Å²) in [7, 11) is 1.38. The zero-order valence-corrected chi connectivity index (χ0v) is 20.5. The fourth-order valence-corrected chi connectivity index (χ4v) is 2.91. The first kappa shape index (κ1) is 28.8. The number of carbonyl (C=O) groups is 4. The monoisotopic (exact) mass is 478 g/mol. The average Bonchev–Trinajstić information content (AvgIpc) is 3.36. The minimum atomic E-state index is -1.05. The SMILES string of the molecule is C#CC.COC[C@H](NC(=O)c1cc(C)on1)C(=O)NCC(=O)N[C@@H](CC(C)C)C(=O)[C@@]1(C)CO1. The number of ether oxygens (including phenoxy) is 2. The van der Waals surface area contributed by atoms with Gasteiger partial charge in [0.2, 0.25) is 11.8 Å². The number of epoxide rings is 1. The fourth-order valence-electron chi connectivity index (χ4n) is 2.91. The summed E-state index contributed by atoms with van der Waals surface area (Å²) in [5.74, 6) is 0.936. The molecule has 1 aliphatic heterocycles. The lowest BCUT2D eigenvalue weighted by molar-refractivity contribution is -0.131. The zero-order chi connectivity index (χ0) is 25.9. The van der Waals surface area contributed by atoms with Gasteiger partial charge in [-0.25, -0.2) is 0 Å². The maximum absolute atomic E-state index is 12.6. The van der Waals surface area contributed by atoms with E-state index >= 15 is 0 Å². The van der Waals surface area contributed by atoms with Crippen molar-refractivity contribution in [3.05, 3.63) is 17.5 Å². The fraction of sp³-hybridized carbons (Fsp3) is 0.609. The van der Waals surface area contributed by atoms with Crippen LogP contribution in [-0.4, -0.2) is 73.2 Å². The number of hydrogen-bond donors (Lipinski definition) is 3. The molecule has 1 saturated heterocycles. The Hall–Kier alpha value is -3.23. The van der Waals surface area contributed by atoms with Crippen molar-refractivity contribution in [1.82, 2.24) is 21.1 Å². The van der Waals surface area contributed by atoms with Crippen LogP contribution >= 0.6 is 0 Å². The molecule has 188 valence electrons. The van der Waals surface area contributed by atoms with Crippen LogP contribution in [0.25, 0.3) is 0 Å². The molecule has 0 radical (unpaired) electrons. The summed E-state index contributed by atoms with van der Waals surface area (Å²) in [6.45, 7) is 8.71. The minimum Gasteiger partial charge on any atom is -0.382 e. The second kappa shape index (κ2) is 13.5. The van der Waals surface area contributed by atoms with Crippen molar-refractivity contribution < 1.29 is 33.2 Å². The molecule has 1 aromatic rings. The van der Waals surface area contributed by atoms with E-state index in [1.54, 1.807) is 20.8 Å². The van der Waals surface area contributed by atoms with Crippen LogP contribution in [0.2, 0.25) is 0 Å². The van der Waals surface area contributed by atoms with E-state index in [2.05, 4.69) is 33.5 Å². The molecule has 1 fully saturated rings. The third kappa shape index (κ3) is 9.33. The molecule has 3 N–H and O–H groups in total. The van der Waals surface area contributed by atoms with Crippen LogP contribution in [0.1, 0.15) is 50.4 Å². The van der Waals surface area contributed by atoms with E-state index in [1.807, 2.05) is 13.8 Å². The minimum absolute atomic E-state index is 0.0231. The van der Waals surface area contributed by atoms with Gasteiger partial charge < -0.3 is 29.9 Å². The molecule has 11 heteroatoms. The molecule has 3 amide bonds. The van der Waals surface area contributed by atoms with Crippen LogP contribution in [-0.2, 0) is 23.9 Å². The number of aromatic nitrogens is 1. The summed E-state index contributed by atoms with van der Waals surface area (Å²) in [5.41, 5.74) is -0.835. The van der Waals surface area contributed by atoms with Crippen molar-refractivity contribution in [3.63, 3.8) is 0 Å². The maximum Gasteiger partial charge on any atom is 0.274 e. The number of nitrogens with one attached hydrogen (secondary N) is 3. The smallest absolute Gasteiger partial charge is 0.274 e. The Morgan fingerprint density at radius 3 is 2.35 bits per heavy atom. The predicted molar refractivity (Wildman–Crippen MR) is 123 cm³/mol. The number of amides is 3. The standard InChI is InChI=1S/C20H30N4O7.C3H4/c1-11(2)6-13(17(26)20(4)10-30-20)22-16(25)8-21-18(27)15(9-29-5)23-19(28)14-7-12(3)31-24-14;1-3-2/h7,11,13,15H,6,8-10H2,1-5H3,(H,21,27)(H,22,25)(H,23,28);1H,2H3/t13-,15-,20+;/m0./s1. The van der Waals surface area contributed by atoms with Crippen molar-refractivity contribution in [2.75, 3.05) is 26.9 Å². The molecular formula is C23H34N4O7. The molecule has 1 aromatic heterocycles. The second-order valence-corrected chi connectivity index (χ2v) is 8.44. The Balaban J connectivity index is 0.00000182.